The van der Waals surface area contributed by atoms with Crippen molar-refractivity contribution in [2.45, 2.75) is 12.5 Å². The van der Waals surface area contributed by atoms with Gasteiger partial charge in [0, 0.05) is 6.42 Å². The zero-order valence-electron chi connectivity index (χ0n) is 9.75. The molecule has 0 aliphatic carbocycles. The van der Waals surface area contributed by atoms with E-state index in [9.17, 15) is 9.18 Å². The quantitative estimate of drug-likeness (QED) is 0.754. The summed E-state index contributed by atoms with van der Waals surface area (Å²) in [6, 6.07) is 8.32. The molecule has 0 bridgehead atoms. The van der Waals surface area contributed by atoms with Gasteiger partial charge in [-0.1, -0.05) is 18.2 Å². The van der Waals surface area contributed by atoms with Crippen LogP contribution in [0.15, 0.2) is 42.2 Å². The van der Waals surface area contributed by atoms with Crippen molar-refractivity contribution < 1.29 is 24.1 Å². The molecule has 0 saturated carbocycles. The predicted octanol–water partition coefficient (Wildman–Crippen LogP) is 1.44. The minimum atomic E-state index is -1.05. The van der Waals surface area contributed by atoms with E-state index in [0.29, 0.717) is 5.56 Å². The van der Waals surface area contributed by atoms with E-state index in [1.54, 1.807) is 30.3 Å². The maximum Gasteiger partial charge on any atom is 0.338 e. The van der Waals surface area contributed by atoms with Gasteiger partial charge in [0.15, 0.2) is 0 Å². The normalized spacial score (nSPS) is 13.2. The Morgan fingerprint density at radius 1 is 1.39 bits per heavy atom. The van der Waals surface area contributed by atoms with E-state index in [0.717, 1.165) is 0 Å². The van der Waals surface area contributed by atoms with E-state index in [1.807, 2.05) is 0 Å². The van der Waals surface area contributed by atoms with Gasteiger partial charge in [-0.05, 0) is 17.7 Å². The first kappa shape index (κ1) is 14.3. The number of hydrogen-bond acceptors (Lipinski definition) is 4. The number of benzene rings is 1. The van der Waals surface area contributed by atoms with Crippen LogP contribution in [0.5, 0.6) is 0 Å². The standard InChI is InChI=1S/C13H15FO4/c14-7-10(6-12(16)8-15)9-18-13(17)11-4-2-1-3-5-11/h1-5,7,12,15-16H,6,8-9H2/b10-7+. The van der Waals surface area contributed by atoms with Crippen LogP contribution >= 0.6 is 0 Å². The lowest BCUT2D eigenvalue weighted by molar-refractivity contribution is 0.0515. The van der Waals surface area contributed by atoms with E-state index in [2.05, 4.69) is 0 Å². The van der Waals surface area contributed by atoms with Crippen LogP contribution in [0.2, 0.25) is 0 Å². The van der Waals surface area contributed by atoms with Gasteiger partial charge >= 0.3 is 5.97 Å². The lowest BCUT2D eigenvalue weighted by atomic mass is 10.1. The maximum atomic E-state index is 12.5. The summed E-state index contributed by atoms with van der Waals surface area (Å²) in [5, 5.41) is 17.8. The molecule has 5 heteroatoms. The highest BCUT2D eigenvalue weighted by molar-refractivity contribution is 5.89. The molecule has 1 unspecified atom stereocenters. The Morgan fingerprint density at radius 3 is 2.61 bits per heavy atom. The number of carbonyl (C=O) groups excluding carboxylic acids is 1. The minimum Gasteiger partial charge on any atom is -0.457 e. The van der Waals surface area contributed by atoms with Crippen LogP contribution in [0.25, 0.3) is 0 Å². The van der Waals surface area contributed by atoms with Gasteiger partial charge in [0.2, 0.25) is 0 Å². The average molecular weight is 254 g/mol. The van der Waals surface area contributed by atoms with Crippen molar-refractivity contribution in [3.63, 3.8) is 0 Å². The van der Waals surface area contributed by atoms with Crippen molar-refractivity contribution in [1.82, 2.24) is 0 Å². The smallest absolute Gasteiger partial charge is 0.338 e. The molecule has 0 amide bonds. The van der Waals surface area contributed by atoms with Crippen molar-refractivity contribution in [2.24, 2.45) is 0 Å². The highest BCUT2D eigenvalue weighted by Crippen LogP contribution is 2.09. The van der Waals surface area contributed by atoms with Crippen LogP contribution in [0.4, 0.5) is 4.39 Å². The van der Waals surface area contributed by atoms with Crippen LogP contribution in [-0.4, -0.2) is 35.5 Å². The molecule has 0 fully saturated rings. The second-order valence-corrected chi connectivity index (χ2v) is 3.75. The van der Waals surface area contributed by atoms with Crippen LogP contribution in [0.3, 0.4) is 0 Å². The van der Waals surface area contributed by atoms with Crippen molar-refractivity contribution in [3.8, 4) is 0 Å². The van der Waals surface area contributed by atoms with Crippen molar-refractivity contribution in [1.29, 1.82) is 0 Å². The molecule has 2 N–H and O–H groups in total. The second-order valence-electron chi connectivity index (χ2n) is 3.75. The largest absolute Gasteiger partial charge is 0.457 e. The Bertz CT molecular complexity index is 403. The van der Waals surface area contributed by atoms with Gasteiger partial charge in [0.05, 0.1) is 24.6 Å². The fraction of sp³-hybridized carbons (Fsp3) is 0.308. The Balaban J connectivity index is 2.47. The van der Waals surface area contributed by atoms with Gasteiger partial charge in [-0.15, -0.1) is 0 Å². The first-order valence-corrected chi connectivity index (χ1v) is 5.46. The number of ether oxygens (including phenoxy) is 1. The summed E-state index contributed by atoms with van der Waals surface area (Å²) >= 11 is 0. The Labute approximate surface area is 104 Å². The number of halogens is 1. The zero-order chi connectivity index (χ0) is 13.4. The number of rotatable bonds is 6. The van der Waals surface area contributed by atoms with Gasteiger partial charge < -0.3 is 14.9 Å². The molecule has 1 rings (SSSR count). The number of carbonyl (C=O) groups is 1. The molecule has 0 aliphatic heterocycles. The molecule has 98 valence electrons. The summed E-state index contributed by atoms with van der Waals surface area (Å²) < 4.78 is 17.3. The first-order chi connectivity index (χ1) is 8.67. The molecular weight excluding hydrogens is 239 g/mol. The molecular formula is C13H15FO4. The van der Waals surface area contributed by atoms with E-state index >= 15 is 0 Å². The van der Waals surface area contributed by atoms with Gasteiger partial charge in [-0.25, -0.2) is 9.18 Å². The molecule has 0 aliphatic rings. The fourth-order valence-electron chi connectivity index (χ4n) is 1.32. The van der Waals surface area contributed by atoms with Crippen LogP contribution in [-0.2, 0) is 4.74 Å². The fourth-order valence-corrected chi connectivity index (χ4v) is 1.32. The third-order valence-corrected chi connectivity index (χ3v) is 2.26. The van der Waals surface area contributed by atoms with E-state index in [1.165, 1.54) is 0 Å². The molecule has 0 radical (unpaired) electrons. The molecule has 18 heavy (non-hydrogen) atoms. The number of hydrogen-bond donors (Lipinski definition) is 2. The summed E-state index contributed by atoms with van der Waals surface area (Å²) in [5.74, 6) is -0.562. The highest BCUT2D eigenvalue weighted by Gasteiger charge is 2.11. The summed E-state index contributed by atoms with van der Waals surface area (Å²) in [5.41, 5.74) is 0.485. The molecule has 0 aromatic heterocycles. The number of aliphatic hydroxyl groups is 2. The van der Waals surface area contributed by atoms with Crippen molar-refractivity contribution in [2.75, 3.05) is 13.2 Å². The molecule has 1 atom stereocenters. The van der Waals surface area contributed by atoms with Gasteiger partial charge in [0.1, 0.15) is 6.61 Å². The van der Waals surface area contributed by atoms with Crippen LogP contribution in [0, 0.1) is 0 Å². The number of esters is 1. The van der Waals surface area contributed by atoms with E-state index < -0.39 is 18.7 Å². The third-order valence-electron chi connectivity index (χ3n) is 2.26. The summed E-state index contributed by atoms with van der Waals surface area (Å²) in [6.45, 7) is -0.717. The third kappa shape index (κ3) is 4.65. The van der Waals surface area contributed by atoms with E-state index in [-0.39, 0.29) is 24.9 Å². The first-order valence-electron chi connectivity index (χ1n) is 5.46. The number of aliphatic hydroxyl groups excluding tert-OH is 2. The van der Waals surface area contributed by atoms with E-state index in [4.69, 9.17) is 14.9 Å². The summed E-state index contributed by atoms with van der Waals surface area (Å²) in [6.07, 6.45) is -0.853. The Hall–Kier alpha value is -1.72. The summed E-state index contributed by atoms with van der Waals surface area (Å²) in [4.78, 5) is 11.5. The van der Waals surface area contributed by atoms with Crippen LogP contribution < -0.4 is 0 Å². The molecule has 1 aromatic rings. The lowest BCUT2D eigenvalue weighted by Crippen LogP contribution is -2.16. The Kier molecular flexibility index (Phi) is 6.04. The summed E-state index contributed by atoms with van der Waals surface area (Å²) in [7, 11) is 0. The molecule has 4 nitrogen and oxygen atoms in total. The highest BCUT2D eigenvalue weighted by atomic mass is 19.1. The van der Waals surface area contributed by atoms with Crippen LogP contribution in [0.1, 0.15) is 16.8 Å². The van der Waals surface area contributed by atoms with Crippen molar-refractivity contribution >= 4 is 5.97 Å². The maximum absolute atomic E-state index is 12.5. The lowest BCUT2D eigenvalue weighted by Gasteiger charge is -2.10. The predicted molar refractivity (Wildman–Crippen MR) is 63.6 cm³/mol. The molecule has 0 heterocycles. The Morgan fingerprint density at radius 2 is 2.06 bits per heavy atom. The minimum absolute atomic E-state index is 0.0743. The molecule has 0 spiro atoms. The molecule has 0 saturated heterocycles. The SMILES string of the molecule is O=C(OC/C(=C/F)CC(O)CO)c1ccccc1. The van der Waals surface area contributed by atoms with Gasteiger partial charge in [-0.3, -0.25) is 0 Å². The van der Waals surface area contributed by atoms with Gasteiger partial charge in [-0.2, -0.15) is 0 Å². The average Bonchev–Trinajstić information content (AvgIpc) is 2.43. The monoisotopic (exact) mass is 254 g/mol. The zero-order valence-corrected chi connectivity index (χ0v) is 9.75. The topological polar surface area (TPSA) is 66.8 Å². The second kappa shape index (κ2) is 7.58. The van der Waals surface area contributed by atoms with Gasteiger partial charge in [0.25, 0.3) is 0 Å². The molecule has 1 aromatic carbocycles. The van der Waals surface area contributed by atoms with Crippen molar-refractivity contribution in [3.05, 3.63) is 47.8 Å².